The molecule has 0 aliphatic rings. The number of pyridine rings is 1. The second-order valence-corrected chi connectivity index (χ2v) is 4.87. The lowest BCUT2D eigenvalue weighted by molar-refractivity contribution is 0.415. The third-order valence-corrected chi connectivity index (χ3v) is 3.56. The normalized spacial score (nSPS) is 10.1. The molecular formula is C18H15N3O2. The summed E-state index contributed by atoms with van der Waals surface area (Å²) in [7, 11) is 3.23. The fraction of sp³-hybridized carbons (Fsp3) is 0.111. The van der Waals surface area contributed by atoms with Gasteiger partial charge in [-0.3, -0.25) is 4.98 Å². The van der Waals surface area contributed by atoms with Gasteiger partial charge in [0, 0.05) is 17.3 Å². The minimum atomic E-state index is 0.474. The molecule has 0 amide bonds. The average Bonchev–Trinajstić information content (AvgIpc) is 2.62. The van der Waals surface area contributed by atoms with Crippen molar-refractivity contribution in [1.82, 2.24) is 4.98 Å². The van der Waals surface area contributed by atoms with E-state index < -0.39 is 0 Å². The van der Waals surface area contributed by atoms with Gasteiger partial charge in [-0.1, -0.05) is 12.1 Å². The van der Waals surface area contributed by atoms with Crippen molar-refractivity contribution in [2.24, 2.45) is 0 Å². The van der Waals surface area contributed by atoms with Crippen molar-refractivity contribution in [3.05, 3.63) is 54.2 Å². The first kappa shape index (κ1) is 14.7. The average molecular weight is 305 g/mol. The summed E-state index contributed by atoms with van der Waals surface area (Å²) in [6, 6.07) is 15.3. The fourth-order valence-electron chi connectivity index (χ4n) is 2.40. The van der Waals surface area contributed by atoms with E-state index in [1.165, 1.54) is 0 Å². The number of nitrogens with zero attached hydrogens (tertiary/aromatic N) is 2. The van der Waals surface area contributed by atoms with E-state index in [1.807, 2.05) is 42.5 Å². The van der Waals surface area contributed by atoms with Crippen LogP contribution < -0.4 is 14.8 Å². The maximum atomic E-state index is 9.38. The van der Waals surface area contributed by atoms with E-state index in [0.717, 1.165) is 16.8 Å². The van der Waals surface area contributed by atoms with Crippen LogP contribution in [0.15, 0.2) is 48.7 Å². The van der Waals surface area contributed by atoms with Crippen molar-refractivity contribution >= 4 is 22.3 Å². The molecule has 2 aromatic carbocycles. The predicted molar refractivity (Wildman–Crippen MR) is 89.3 cm³/mol. The van der Waals surface area contributed by atoms with Gasteiger partial charge in [-0.05, 0) is 30.3 Å². The second kappa shape index (κ2) is 6.24. The Balaban J connectivity index is 2.12. The van der Waals surface area contributed by atoms with Gasteiger partial charge in [0.25, 0.3) is 0 Å². The molecule has 0 fully saturated rings. The van der Waals surface area contributed by atoms with Crippen LogP contribution >= 0.6 is 0 Å². The number of hydrogen-bond acceptors (Lipinski definition) is 5. The number of nitrogens with one attached hydrogen (secondary N) is 1. The molecule has 0 bridgehead atoms. The highest BCUT2D eigenvalue weighted by Crippen LogP contribution is 2.33. The zero-order chi connectivity index (χ0) is 16.2. The smallest absolute Gasteiger partial charge is 0.145 e. The Morgan fingerprint density at radius 1 is 1.04 bits per heavy atom. The van der Waals surface area contributed by atoms with E-state index in [-0.39, 0.29) is 0 Å². The largest absolute Gasteiger partial charge is 0.497 e. The highest BCUT2D eigenvalue weighted by molar-refractivity contribution is 5.98. The Labute approximate surface area is 134 Å². The van der Waals surface area contributed by atoms with Gasteiger partial charge in [0.1, 0.15) is 23.1 Å². The van der Waals surface area contributed by atoms with Crippen LogP contribution in [0.2, 0.25) is 0 Å². The van der Waals surface area contributed by atoms with Crippen molar-refractivity contribution in [1.29, 1.82) is 5.26 Å². The maximum Gasteiger partial charge on any atom is 0.145 e. The molecule has 5 nitrogen and oxygen atoms in total. The molecule has 0 atom stereocenters. The van der Waals surface area contributed by atoms with Crippen LogP contribution in [0.25, 0.3) is 10.9 Å². The predicted octanol–water partition coefficient (Wildman–Crippen LogP) is 3.87. The Kier molecular flexibility index (Phi) is 3.98. The van der Waals surface area contributed by atoms with Gasteiger partial charge < -0.3 is 14.8 Å². The lowest BCUT2D eigenvalue weighted by Crippen LogP contribution is -1.98. The van der Waals surface area contributed by atoms with Crippen molar-refractivity contribution in [3.8, 4) is 17.6 Å². The molecule has 0 saturated heterocycles. The molecule has 0 radical (unpaired) electrons. The summed E-state index contributed by atoms with van der Waals surface area (Å²) in [6.45, 7) is 0. The van der Waals surface area contributed by atoms with E-state index in [1.54, 1.807) is 20.4 Å². The fourth-order valence-corrected chi connectivity index (χ4v) is 2.40. The number of benzene rings is 2. The van der Waals surface area contributed by atoms with Crippen molar-refractivity contribution in [2.75, 3.05) is 19.5 Å². The minimum absolute atomic E-state index is 0.474. The molecule has 114 valence electrons. The first-order valence-electron chi connectivity index (χ1n) is 7.03. The Hall–Kier alpha value is -3.26. The molecule has 0 aliphatic carbocycles. The first-order chi connectivity index (χ1) is 11.3. The molecule has 0 saturated carbocycles. The Morgan fingerprint density at radius 2 is 1.83 bits per heavy atom. The summed E-state index contributed by atoms with van der Waals surface area (Å²) < 4.78 is 10.5. The van der Waals surface area contributed by atoms with Gasteiger partial charge >= 0.3 is 0 Å². The number of hydrogen-bond donors (Lipinski definition) is 1. The van der Waals surface area contributed by atoms with E-state index in [9.17, 15) is 5.26 Å². The number of aromatic nitrogens is 1. The zero-order valence-corrected chi connectivity index (χ0v) is 12.8. The SMILES string of the molecule is COc1ccc(Nc2c(C#N)cnc3c(OC)cccc23)cc1. The van der Waals surface area contributed by atoms with Crippen LogP contribution in [0, 0.1) is 11.3 Å². The van der Waals surface area contributed by atoms with E-state index in [0.29, 0.717) is 22.5 Å². The van der Waals surface area contributed by atoms with Gasteiger partial charge in [0.2, 0.25) is 0 Å². The van der Waals surface area contributed by atoms with Crippen LogP contribution in [0.4, 0.5) is 11.4 Å². The molecule has 23 heavy (non-hydrogen) atoms. The molecule has 0 aliphatic heterocycles. The first-order valence-corrected chi connectivity index (χ1v) is 7.03. The van der Waals surface area contributed by atoms with Crippen molar-refractivity contribution < 1.29 is 9.47 Å². The summed E-state index contributed by atoms with van der Waals surface area (Å²) in [5.41, 5.74) is 2.76. The number of ether oxygens (including phenoxy) is 2. The van der Waals surface area contributed by atoms with Gasteiger partial charge in [0.05, 0.1) is 25.5 Å². The Bertz CT molecular complexity index is 883. The second-order valence-electron chi connectivity index (χ2n) is 4.87. The molecule has 1 aromatic heterocycles. The lowest BCUT2D eigenvalue weighted by Gasteiger charge is -2.13. The molecule has 3 rings (SSSR count). The summed E-state index contributed by atoms with van der Waals surface area (Å²) in [5.74, 6) is 1.45. The monoisotopic (exact) mass is 305 g/mol. The standard InChI is InChI=1S/C18H15N3O2/c1-22-14-8-6-13(7-9-14)21-17-12(10-19)11-20-18-15(17)4-3-5-16(18)23-2/h3-9,11H,1-2H3,(H,20,21). The van der Waals surface area contributed by atoms with Crippen LogP contribution in [0.5, 0.6) is 11.5 Å². The molecular weight excluding hydrogens is 290 g/mol. The number of rotatable bonds is 4. The van der Waals surface area contributed by atoms with E-state index >= 15 is 0 Å². The molecule has 0 spiro atoms. The number of para-hydroxylation sites is 1. The zero-order valence-electron chi connectivity index (χ0n) is 12.8. The molecule has 3 aromatic rings. The quantitative estimate of drug-likeness (QED) is 0.792. The van der Waals surface area contributed by atoms with E-state index in [4.69, 9.17) is 9.47 Å². The van der Waals surface area contributed by atoms with Crippen LogP contribution in [-0.2, 0) is 0 Å². The number of methoxy groups -OCH3 is 2. The summed E-state index contributed by atoms with van der Waals surface area (Å²) in [4.78, 5) is 4.34. The van der Waals surface area contributed by atoms with Crippen LogP contribution in [0.3, 0.4) is 0 Å². The maximum absolute atomic E-state index is 9.38. The number of anilines is 2. The molecule has 0 unspecified atom stereocenters. The van der Waals surface area contributed by atoms with Crippen LogP contribution in [-0.4, -0.2) is 19.2 Å². The summed E-state index contributed by atoms with van der Waals surface area (Å²) in [5, 5.41) is 13.5. The van der Waals surface area contributed by atoms with Crippen LogP contribution in [0.1, 0.15) is 5.56 Å². The van der Waals surface area contributed by atoms with Gasteiger partial charge in [-0.2, -0.15) is 5.26 Å². The molecule has 5 heteroatoms. The van der Waals surface area contributed by atoms with Gasteiger partial charge in [-0.15, -0.1) is 0 Å². The Morgan fingerprint density at radius 3 is 2.48 bits per heavy atom. The van der Waals surface area contributed by atoms with Crippen molar-refractivity contribution in [2.45, 2.75) is 0 Å². The number of nitriles is 1. The number of fused-ring (bicyclic) bond motifs is 1. The minimum Gasteiger partial charge on any atom is -0.497 e. The van der Waals surface area contributed by atoms with Gasteiger partial charge in [0.15, 0.2) is 0 Å². The topological polar surface area (TPSA) is 67.2 Å². The molecule has 1 N–H and O–H groups in total. The van der Waals surface area contributed by atoms with E-state index in [2.05, 4.69) is 16.4 Å². The molecule has 1 heterocycles. The highest BCUT2D eigenvalue weighted by Gasteiger charge is 2.12. The van der Waals surface area contributed by atoms with Gasteiger partial charge in [-0.25, -0.2) is 0 Å². The van der Waals surface area contributed by atoms with Crippen molar-refractivity contribution in [3.63, 3.8) is 0 Å². The lowest BCUT2D eigenvalue weighted by atomic mass is 10.1. The third-order valence-electron chi connectivity index (χ3n) is 3.56. The highest BCUT2D eigenvalue weighted by atomic mass is 16.5. The summed E-state index contributed by atoms with van der Waals surface area (Å²) in [6.07, 6.45) is 1.55. The third kappa shape index (κ3) is 2.74. The summed E-state index contributed by atoms with van der Waals surface area (Å²) >= 11 is 0.